The molecule has 2 rings (SSSR count). The van der Waals surface area contributed by atoms with E-state index < -0.39 is 0 Å². The summed E-state index contributed by atoms with van der Waals surface area (Å²) in [6.45, 7) is 4.11. The molecule has 6 heteroatoms. The highest BCUT2D eigenvalue weighted by molar-refractivity contribution is 6.43. The highest BCUT2D eigenvalue weighted by atomic mass is 35.5. The van der Waals surface area contributed by atoms with E-state index in [4.69, 9.17) is 27.9 Å². The molecule has 1 amide bonds. The normalized spacial score (nSPS) is 11.0. The first-order valence-electron chi connectivity index (χ1n) is 7.46. The Bertz CT molecular complexity index is 728. The molecule has 0 saturated carbocycles. The second-order valence-electron chi connectivity index (χ2n) is 5.45. The molecule has 0 saturated heterocycles. The topological polar surface area (TPSA) is 50.7 Å². The average Bonchev–Trinajstić information content (AvgIpc) is 2.57. The van der Waals surface area contributed by atoms with Gasteiger partial charge in [-0.05, 0) is 29.7 Å². The van der Waals surface area contributed by atoms with E-state index in [9.17, 15) is 4.79 Å². The van der Waals surface area contributed by atoms with Gasteiger partial charge in [0.25, 0.3) is 5.91 Å². The van der Waals surface area contributed by atoms with Gasteiger partial charge in [-0.3, -0.25) is 4.79 Å². The summed E-state index contributed by atoms with van der Waals surface area (Å²) in [4.78, 5) is 11.7. The summed E-state index contributed by atoms with van der Waals surface area (Å²) >= 11 is 11.9. The lowest BCUT2D eigenvalue weighted by atomic mass is 10.0. The quantitative estimate of drug-likeness (QED) is 0.599. The minimum atomic E-state index is -0.364. The molecule has 1 N–H and O–H groups in total. The van der Waals surface area contributed by atoms with E-state index in [0.717, 1.165) is 0 Å². The van der Waals surface area contributed by atoms with Gasteiger partial charge in [-0.25, -0.2) is 5.43 Å². The van der Waals surface area contributed by atoms with Crippen molar-refractivity contribution < 1.29 is 9.53 Å². The van der Waals surface area contributed by atoms with E-state index in [1.807, 2.05) is 24.3 Å². The van der Waals surface area contributed by atoms with Gasteiger partial charge in [-0.2, -0.15) is 5.10 Å². The molecule has 0 spiro atoms. The van der Waals surface area contributed by atoms with Gasteiger partial charge in [0.05, 0.1) is 16.3 Å². The highest BCUT2D eigenvalue weighted by Gasteiger charge is 2.04. The van der Waals surface area contributed by atoms with Crippen LogP contribution in [-0.4, -0.2) is 18.7 Å². The molecule has 2 aromatic rings. The fourth-order valence-corrected chi connectivity index (χ4v) is 2.28. The van der Waals surface area contributed by atoms with Gasteiger partial charge >= 0.3 is 0 Å². The van der Waals surface area contributed by atoms with Gasteiger partial charge < -0.3 is 4.74 Å². The maximum absolute atomic E-state index is 11.7. The number of benzene rings is 2. The van der Waals surface area contributed by atoms with Gasteiger partial charge in [0, 0.05) is 5.56 Å². The van der Waals surface area contributed by atoms with E-state index in [-0.39, 0.29) is 12.5 Å². The Morgan fingerprint density at radius 3 is 2.58 bits per heavy atom. The summed E-state index contributed by atoms with van der Waals surface area (Å²) in [5.74, 6) is 0.726. The summed E-state index contributed by atoms with van der Waals surface area (Å²) in [6.07, 6.45) is 1.43. The molecule has 0 heterocycles. The van der Waals surface area contributed by atoms with Gasteiger partial charge in [-0.15, -0.1) is 0 Å². The van der Waals surface area contributed by atoms with Gasteiger partial charge in [0.15, 0.2) is 6.61 Å². The summed E-state index contributed by atoms with van der Waals surface area (Å²) < 4.78 is 5.42. The van der Waals surface area contributed by atoms with E-state index in [0.29, 0.717) is 27.3 Å². The van der Waals surface area contributed by atoms with Gasteiger partial charge in [0.1, 0.15) is 5.75 Å². The summed E-state index contributed by atoms with van der Waals surface area (Å²) in [7, 11) is 0. The monoisotopic (exact) mass is 364 g/mol. The first-order chi connectivity index (χ1) is 11.5. The number of ether oxygens (including phenoxy) is 1. The van der Waals surface area contributed by atoms with Crippen LogP contribution in [-0.2, 0) is 4.79 Å². The lowest BCUT2D eigenvalue weighted by Crippen LogP contribution is -2.24. The molecule has 0 unspecified atom stereocenters. The van der Waals surface area contributed by atoms with Crippen LogP contribution in [0.25, 0.3) is 0 Å². The van der Waals surface area contributed by atoms with E-state index in [1.165, 1.54) is 11.8 Å². The van der Waals surface area contributed by atoms with Crippen molar-refractivity contribution in [3.8, 4) is 5.75 Å². The lowest BCUT2D eigenvalue weighted by molar-refractivity contribution is -0.123. The second-order valence-corrected chi connectivity index (χ2v) is 6.23. The molecule has 0 atom stereocenters. The fraction of sp³-hybridized carbons (Fsp3) is 0.222. The standard InChI is InChI=1S/C18H18Cl2N2O2/c1-12(2)13-6-8-15(9-7-13)24-11-17(23)22-21-10-14-4-3-5-16(19)18(14)20/h3-10,12H,11H2,1-2H3,(H,22,23)/b21-10+. The van der Waals surface area contributed by atoms with Crippen molar-refractivity contribution in [1.82, 2.24) is 5.43 Å². The Hall–Kier alpha value is -2.04. The van der Waals surface area contributed by atoms with Crippen molar-refractivity contribution in [2.75, 3.05) is 6.61 Å². The predicted octanol–water partition coefficient (Wildman–Crippen LogP) is 4.65. The van der Waals surface area contributed by atoms with Crippen LogP contribution in [0.4, 0.5) is 0 Å². The number of carbonyl (C=O) groups is 1. The van der Waals surface area contributed by atoms with Crippen LogP contribution >= 0.6 is 23.2 Å². The summed E-state index contributed by atoms with van der Waals surface area (Å²) in [5.41, 5.74) is 4.22. The fourth-order valence-electron chi connectivity index (χ4n) is 1.92. The Labute approximate surface area is 151 Å². The van der Waals surface area contributed by atoms with Crippen molar-refractivity contribution in [3.05, 3.63) is 63.6 Å². The van der Waals surface area contributed by atoms with Crippen molar-refractivity contribution in [1.29, 1.82) is 0 Å². The van der Waals surface area contributed by atoms with Crippen LogP contribution in [0.1, 0.15) is 30.9 Å². The SMILES string of the molecule is CC(C)c1ccc(OCC(=O)N/N=C/c2cccc(Cl)c2Cl)cc1. The van der Waals surface area contributed by atoms with Crippen LogP contribution in [0.5, 0.6) is 5.75 Å². The maximum atomic E-state index is 11.7. The molecule has 24 heavy (non-hydrogen) atoms. The first kappa shape index (κ1) is 18.3. The molecular formula is C18H18Cl2N2O2. The van der Waals surface area contributed by atoms with Crippen molar-refractivity contribution in [2.24, 2.45) is 5.10 Å². The molecule has 0 aliphatic rings. The predicted molar refractivity (Wildman–Crippen MR) is 98.2 cm³/mol. The van der Waals surface area contributed by atoms with Crippen LogP contribution < -0.4 is 10.2 Å². The molecule has 0 aliphatic carbocycles. The van der Waals surface area contributed by atoms with E-state index >= 15 is 0 Å². The Balaban J connectivity index is 1.83. The number of hydrazone groups is 1. The number of halogens is 2. The average molecular weight is 365 g/mol. The Morgan fingerprint density at radius 1 is 1.21 bits per heavy atom. The number of amides is 1. The zero-order valence-electron chi connectivity index (χ0n) is 13.4. The maximum Gasteiger partial charge on any atom is 0.277 e. The number of hydrogen-bond donors (Lipinski definition) is 1. The summed E-state index contributed by atoms with van der Waals surface area (Å²) in [5, 5.41) is 4.66. The zero-order chi connectivity index (χ0) is 17.5. The van der Waals surface area contributed by atoms with Crippen molar-refractivity contribution in [2.45, 2.75) is 19.8 Å². The van der Waals surface area contributed by atoms with Crippen LogP contribution in [0.15, 0.2) is 47.6 Å². The molecule has 0 radical (unpaired) electrons. The molecule has 0 bridgehead atoms. The zero-order valence-corrected chi connectivity index (χ0v) is 14.9. The molecule has 4 nitrogen and oxygen atoms in total. The van der Waals surface area contributed by atoms with Crippen molar-refractivity contribution >= 4 is 35.3 Å². The molecule has 0 aromatic heterocycles. The Kier molecular flexibility index (Phi) is 6.64. The van der Waals surface area contributed by atoms with E-state index in [2.05, 4.69) is 24.4 Å². The minimum absolute atomic E-state index is 0.123. The first-order valence-corrected chi connectivity index (χ1v) is 8.21. The smallest absolute Gasteiger partial charge is 0.277 e. The van der Waals surface area contributed by atoms with Crippen LogP contribution in [0.3, 0.4) is 0 Å². The molecule has 0 aliphatic heterocycles. The largest absolute Gasteiger partial charge is 0.484 e. The third-order valence-corrected chi connectivity index (χ3v) is 4.12. The van der Waals surface area contributed by atoms with Gasteiger partial charge in [-0.1, -0.05) is 61.3 Å². The Morgan fingerprint density at radius 2 is 1.92 bits per heavy atom. The second kappa shape index (κ2) is 8.71. The van der Waals surface area contributed by atoms with Crippen LogP contribution in [0, 0.1) is 0 Å². The molecule has 126 valence electrons. The van der Waals surface area contributed by atoms with Crippen LogP contribution in [0.2, 0.25) is 10.0 Å². The number of nitrogens with zero attached hydrogens (tertiary/aromatic N) is 1. The number of carbonyl (C=O) groups excluding carboxylic acids is 1. The highest BCUT2D eigenvalue weighted by Crippen LogP contribution is 2.24. The minimum Gasteiger partial charge on any atom is -0.484 e. The number of nitrogens with one attached hydrogen (secondary N) is 1. The molecule has 0 fully saturated rings. The lowest BCUT2D eigenvalue weighted by Gasteiger charge is -2.08. The van der Waals surface area contributed by atoms with E-state index in [1.54, 1.807) is 18.2 Å². The number of rotatable bonds is 6. The van der Waals surface area contributed by atoms with Gasteiger partial charge in [0.2, 0.25) is 0 Å². The molecular weight excluding hydrogens is 347 g/mol. The summed E-state index contributed by atoms with van der Waals surface area (Å²) in [6, 6.07) is 12.8. The third kappa shape index (κ3) is 5.25. The molecule has 2 aromatic carbocycles. The third-order valence-electron chi connectivity index (χ3n) is 3.29. The van der Waals surface area contributed by atoms with Crippen molar-refractivity contribution in [3.63, 3.8) is 0 Å². The number of hydrogen-bond acceptors (Lipinski definition) is 3.